The molecule has 0 heterocycles. The smallest absolute Gasteiger partial charge is 0.0468 e. The molecule has 0 amide bonds. The van der Waals surface area contributed by atoms with E-state index in [0.29, 0.717) is 0 Å². The maximum Gasteiger partial charge on any atom is 0.0468 e. The summed E-state index contributed by atoms with van der Waals surface area (Å²) in [6, 6.07) is 81.6. The first kappa shape index (κ1) is 37.6. The van der Waals surface area contributed by atoms with Crippen LogP contribution in [0.5, 0.6) is 0 Å². The minimum atomic E-state index is 1.10. The average Bonchev–Trinajstić information content (AvgIpc) is 3.32. The zero-order chi connectivity index (χ0) is 40.4. The van der Waals surface area contributed by atoms with E-state index in [-0.39, 0.29) is 0 Å². The third kappa shape index (κ3) is 9.10. The van der Waals surface area contributed by atoms with Crippen LogP contribution in [0.4, 0.5) is 34.1 Å². The molecule has 0 radical (unpaired) electrons. The maximum atomic E-state index is 2.32. The van der Waals surface area contributed by atoms with Gasteiger partial charge in [0.1, 0.15) is 0 Å². The van der Waals surface area contributed by atoms with Gasteiger partial charge in [0.2, 0.25) is 0 Å². The second-order valence-electron chi connectivity index (χ2n) is 14.7. The molecule has 0 N–H and O–H groups in total. The first-order valence-corrected chi connectivity index (χ1v) is 20.4. The Balaban J connectivity index is 0.924. The molecular formula is C58H44N2. The quantitative estimate of drug-likeness (QED) is 0.114. The van der Waals surface area contributed by atoms with Crippen LogP contribution in [0.3, 0.4) is 0 Å². The summed E-state index contributed by atoms with van der Waals surface area (Å²) in [5.41, 5.74) is 13.7. The molecule has 9 aromatic rings. The highest BCUT2D eigenvalue weighted by Gasteiger charge is 2.14. The Kier molecular flexibility index (Phi) is 11.4. The molecule has 0 aliphatic rings. The predicted octanol–water partition coefficient (Wildman–Crippen LogP) is 16.3. The maximum absolute atomic E-state index is 2.32. The molecule has 0 unspecified atom stereocenters. The van der Waals surface area contributed by atoms with Gasteiger partial charge in [-0.15, -0.1) is 0 Å². The lowest BCUT2D eigenvalue weighted by molar-refractivity contribution is 1.28. The van der Waals surface area contributed by atoms with Crippen LogP contribution >= 0.6 is 0 Å². The van der Waals surface area contributed by atoms with E-state index >= 15 is 0 Å². The van der Waals surface area contributed by atoms with Gasteiger partial charge in [0, 0.05) is 34.1 Å². The van der Waals surface area contributed by atoms with Crippen LogP contribution in [0.15, 0.2) is 231 Å². The molecule has 0 aliphatic heterocycles. The third-order valence-corrected chi connectivity index (χ3v) is 10.6. The normalized spacial score (nSPS) is 11.5. The van der Waals surface area contributed by atoms with Crippen molar-refractivity contribution < 1.29 is 0 Å². The standard InChI is InChI=1S/C58H44N2/c1-5-13-45(14-6-1)21-23-47-28-36-55(37-29-47)59(53-17-9-3-10-18-53)56-38-30-49(31-39-56)25-26-50-27-34-52-44-58(42-35-51(52)43-50)60(54-19-11-4-12-20-54)57-40-32-48(33-41-57)24-22-46-15-7-2-8-16-46/h1-44H/b23-21+,24-22+,26-25+. The highest BCUT2D eigenvalue weighted by molar-refractivity contribution is 5.91. The molecule has 0 atom stereocenters. The summed E-state index contributed by atoms with van der Waals surface area (Å²) >= 11 is 0. The van der Waals surface area contributed by atoms with Gasteiger partial charge in [-0.1, -0.05) is 188 Å². The molecule has 0 bridgehead atoms. The number of fused-ring (bicyclic) bond motifs is 1. The fraction of sp³-hybridized carbons (Fsp3) is 0. The molecule has 0 saturated carbocycles. The molecule has 286 valence electrons. The summed E-state index contributed by atoms with van der Waals surface area (Å²) in [6.07, 6.45) is 13.0. The van der Waals surface area contributed by atoms with Gasteiger partial charge in [0.15, 0.2) is 0 Å². The third-order valence-electron chi connectivity index (χ3n) is 10.6. The molecule has 60 heavy (non-hydrogen) atoms. The van der Waals surface area contributed by atoms with E-state index in [1.165, 1.54) is 21.9 Å². The summed E-state index contributed by atoms with van der Waals surface area (Å²) < 4.78 is 0. The molecule has 9 aromatic carbocycles. The zero-order valence-corrected chi connectivity index (χ0v) is 33.3. The average molecular weight is 769 g/mol. The highest BCUT2D eigenvalue weighted by atomic mass is 15.1. The molecular weight excluding hydrogens is 725 g/mol. The Morgan fingerprint density at radius 2 is 0.467 bits per heavy atom. The van der Waals surface area contributed by atoms with Gasteiger partial charge in [-0.05, 0) is 123 Å². The van der Waals surface area contributed by atoms with Crippen LogP contribution in [0.2, 0.25) is 0 Å². The summed E-state index contributed by atoms with van der Waals surface area (Å²) in [5.74, 6) is 0. The summed E-state index contributed by atoms with van der Waals surface area (Å²) in [5, 5.41) is 2.39. The van der Waals surface area contributed by atoms with Gasteiger partial charge >= 0.3 is 0 Å². The van der Waals surface area contributed by atoms with E-state index in [0.717, 1.165) is 56.4 Å². The first-order valence-electron chi connectivity index (χ1n) is 20.4. The number of anilines is 6. The van der Waals surface area contributed by atoms with E-state index in [9.17, 15) is 0 Å². The number of benzene rings is 9. The predicted molar refractivity (Wildman–Crippen MR) is 259 cm³/mol. The SMILES string of the molecule is C(=C\c1ccc(N(c2ccccc2)c2ccc(/C=C/c3ccc4cc(N(c5ccccc5)c5ccc(/C=C/c6ccccc6)cc5)ccc4c3)cc2)cc1)/c1ccccc1. The van der Waals surface area contributed by atoms with Crippen molar-refractivity contribution in [3.63, 3.8) is 0 Å². The number of hydrogen-bond donors (Lipinski definition) is 0. The lowest BCUT2D eigenvalue weighted by Gasteiger charge is -2.26. The fourth-order valence-corrected chi connectivity index (χ4v) is 7.45. The topological polar surface area (TPSA) is 6.48 Å². The Bertz CT molecular complexity index is 2860. The van der Waals surface area contributed by atoms with Crippen LogP contribution in [0.1, 0.15) is 33.4 Å². The Morgan fingerprint density at radius 1 is 0.200 bits per heavy atom. The fourth-order valence-electron chi connectivity index (χ4n) is 7.45. The van der Waals surface area contributed by atoms with Gasteiger partial charge in [-0.25, -0.2) is 0 Å². The molecule has 2 heteroatoms. The first-order chi connectivity index (χ1) is 29.7. The largest absolute Gasteiger partial charge is 0.311 e. The minimum Gasteiger partial charge on any atom is -0.311 e. The van der Waals surface area contributed by atoms with Crippen molar-refractivity contribution >= 4 is 81.4 Å². The number of rotatable bonds is 12. The molecule has 9 rings (SSSR count). The second-order valence-corrected chi connectivity index (χ2v) is 14.7. The van der Waals surface area contributed by atoms with Crippen molar-refractivity contribution in [3.05, 3.63) is 264 Å². The second kappa shape index (κ2) is 18.1. The Labute approximate surface area is 353 Å². The van der Waals surface area contributed by atoms with E-state index in [4.69, 9.17) is 0 Å². The van der Waals surface area contributed by atoms with E-state index in [1.54, 1.807) is 0 Å². The molecule has 0 fully saturated rings. The molecule has 0 saturated heterocycles. The van der Waals surface area contributed by atoms with Crippen LogP contribution in [-0.4, -0.2) is 0 Å². The summed E-state index contributed by atoms with van der Waals surface area (Å²) in [4.78, 5) is 4.62. The summed E-state index contributed by atoms with van der Waals surface area (Å²) in [6.45, 7) is 0. The number of para-hydroxylation sites is 2. The van der Waals surface area contributed by atoms with E-state index in [2.05, 4.69) is 265 Å². The Morgan fingerprint density at radius 3 is 0.883 bits per heavy atom. The van der Waals surface area contributed by atoms with Crippen molar-refractivity contribution in [2.24, 2.45) is 0 Å². The van der Waals surface area contributed by atoms with Crippen LogP contribution in [0.25, 0.3) is 47.2 Å². The number of hydrogen-bond acceptors (Lipinski definition) is 2. The highest BCUT2D eigenvalue weighted by Crippen LogP contribution is 2.37. The van der Waals surface area contributed by atoms with Gasteiger partial charge in [0.05, 0.1) is 0 Å². The monoisotopic (exact) mass is 768 g/mol. The van der Waals surface area contributed by atoms with Crippen molar-refractivity contribution in [2.45, 2.75) is 0 Å². The summed E-state index contributed by atoms with van der Waals surface area (Å²) in [7, 11) is 0. The zero-order valence-electron chi connectivity index (χ0n) is 33.3. The van der Waals surface area contributed by atoms with Crippen LogP contribution in [0, 0.1) is 0 Å². The molecule has 2 nitrogen and oxygen atoms in total. The lowest BCUT2D eigenvalue weighted by Crippen LogP contribution is -2.09. The van der Waals surface area contributed by atoms with Crippen LogP contribution in [-0.2, 0) is 0 Å². The van der Waals surface area contributed by atoms with Gasteiger partial charge in [0.25, 0.3) is 0 Å². The lowest BCUT2D eigenvalue weighted by atomic mass is 10.0. The van der Waals surface area contributed by atoms with Gasteiger partial charge in [-0.3, -0.25) is 0 Å². The van der Waals surface area contributed by atoms with Crippen molar-refractivity contribution in [1.82, 2.24) is 0 Å². The van der Waals surface area contributed by atoms with Gasteiger partial charge in [-0.2, -0.15) is 0 Å². The van der Waals surface area contributed by atoms with Crippen LogP contribution < -0.4 is 9.80 Å². The molecule has 0 spiro atoms. The van der Waals surface area contributed by atoms with E-state index in [1.807, 2.05) is 12.1 Å². The Hall–Kier alpha value is -7.94. The molecule has 0 aliphatic carbocycles. The van der Waals surface area contributed by atoms with Crippen molar-refractivity contribution in [1.29, 1.82) is 0 Å². The van der Waals surface area contributed by atoms with Crippen molar-refractivity contribution in [2.75, 3.05) is 9.80 Å². The van der Waals surface area contributed by atoms with Gasteiger partial charge < -0.3 is 9.80 Å². The molecule has 0 aromatic heterocycles. The minimum absolute atomic E-state index is 1.10. The number of nitrogens with zero attached hydrogens (tertiary/aromatic N) is 2. The van der Waals surface area contributed by atoms with Crippen molar-refractivity contribution in [3.8, 4) is 0 Å². The van der Waals surface area contributed by atoms with E-state index < -0.39 is 0 Å².